The minimum Gasteiger partial charge on any atom is -0.494 e. The zero-order valence-corrected chi connectivity index (χ0v) is 13.6. The maximum Gasteiger partial charge on any atom is 0.226 e. The zero-order valence-electron chi connectivity index (χ0n) is 13.6. The fourth-order valence-electron chi connectivity index (χ4n) is 2.16. The summed E-state index contributed by atoms with van der Waals surface area (Å²) >= 11 is 0. The van der Waals surface area contributed by atoms with Crippen molar-refractivity contribution in [2.24, 2.45) is 0 Å². The molecule has 1 heterocycles. The van der Waals surface area contributed by atoms with Crippen molar-refractivity contribution in [1.29, 1.82) is 0 Å². The fraction of sp³-hybridized carbons (Fsp3) is 0.333. The summed E-state index contributed by atoms with van der Waals surface area (Å²) in [4.78, 5) is 16.1. The van der Waals surface area contributed by atoms with E-state index in [4.69, 9.17) is 4.74 Å². The van der Waals surface area contributed by atoms with Crippen LogP contribution in [0.15, 0.2) is 42.5 Å². The number of carbonyl (C=O) groups is 1. The number of ether oxygens (including phenoxy) is 1. The van der Waals surface area contributed by atoms with Crippen LogP contribution in [0.2, 0.25) is 0 Å². The number of amides is 1. The Kier molecular flexibility index (Phi) is 6.56. The molecular weight excluding hydrogens is 290 g/mol. The average molecular weight is 313 g/mol. The third kappa shape index (κ3) is 6.08. The molecule has 2 rings (SSSR count). The van der Waals surface area contributed by atoms with Crippen LogP contribution in [0, 0.1) is 6.92 Å². The number of carbonyl (C=O) groups excluding carboxylic acids is 1. The van der Waals surface area contributed by atoms with Crippen LogP contribution in [0.4, 0.5) is 5.82 Å². The number of pyridine rings is 1. The van der Waals surface area contributed by atoms with Gasteiger partial charge in [0.1, 0.15) is 11.6 Å². The number of anilines is 1. The molecule has 5 heteroatoms. The summed E-state index contributed by atoms with van der Waals surface area (Å²) in [6.07, 6.45) is 0.404. The van der Waals surface area contributed by atoms with Crippen LogP contribution in [-0.4, -0.2) is 24.0 Å². The van der Waals surface area contributed by atoms with Crippen LogP contribution < -0.4 is 15.4 Å². The van der Waals surface area contributed by atoms with Crippen LogP contribution in [0.3, 0.4) is 0 Å². The summed E-state index contributed by atoms with van der Waals surface area (Å²) < 4.78 is 5.47. The van der Waals surface area contributed by atoms with Crippen molar-refractivity contribution >= 4 is 11.7 Å². The number of nitrogens with one attached hydrogen (secondary N) is 2. The van der Waals surface area contributed by atoms with E-state index in [0.29, 0.717) is 31.9 Å². The molecule has 2 N–H and O–H groups in total. The van der Waals surface area contributed by atoms with E-state index in [9.17, 15) is 4.79 Å². The summed E-state index contributed by atoms with van der Waals surface area (Å²) in [6.45, 7) is 5.83. The van der Waals surface area contributed by atoms with Crippen LogP contribution in [0.5, 0.6) is 5.75 Å². The lowest BCUT2D eigenvalue weighted by Gasteiger charge is -2.08. The SMILES string of the molecule is CCOc1cccc(CNCCC(=O)Nc2cccc(C)n2)c1. The molecule has 0 atom stereocenters. The number of hydrogen-bond donors (Lipinski definition) is 2. The molecular formula is C18H23N3O2. The molecule has 0 saturated heterocycles. The van der Waals surface area contributed by atoms with Gasteiger partial charge in [-0.05, 0) is 43.7 Å². The van der Waals surface area contributed by atoms with E-state index in [1.54, 1.807) is 6.07 Å². The fourth-order valence-corrected chi connectivity index (χ4v) is 2.16. The van der Waals surface area contributed by atoms with Gasteiger partial charge in [-0.1, -0.05) is 18.2 Å². The molecule has 0 aliphatic rings. The number of rotatable bonds is 8. The van der Waals surface area contributed by atoms with Crippen molar-refractivity contribution in [3.8, 4) is 5.75 Å². The molecule has 2 aromatic rings. The Morgan fingerprint density at radius 1 is 1.22 bits per heavy atom. The van der Waals surface area contributed by atoms with Crippen LogP contribution in [0.25, 0.3) is 0 Å². The van der Waals surface area contributed by atoms with Gasteiger partial charge in [-0.3, -0.25) is 4.79 Å². The Balaban J connectivity index is 1.70. The topological polar surface area (TPSA) is 63.2 Å². The second-order valence-electron chi connectivity index (χ2n) is 5.22. The maximum absolute atomic E-state index is 11.9. The van der Waals surface area contributed by atoms with Crippen molar-refractivity contribution in [3.05, 3.63) is 53.7 Å². The summed E-state index contributed by atoms with van der Waals surface area (Å²) in [6, 6.07) is 13.5. The molecule has 1 amide bonds. The zero-order chi connectivity index (χ0) is 16.5. The predicted octanol–water partition coefficient (Wildman–Crippen LogP) is 2.91. The van der Waals surface area contributed by atoms with Gasteiger partial charge < -0.3 is 15.4 Å². The molecule has 0 saturated carbocycles. The molecule has 0 fully saturated rings. The first-order valence-corrected chi connectivity index (χ1v) is 7.83. The number of benzene rings is 1. The predicted molar refractivity (Wildman–Crippen MR) is 91.5 cm³/mol. The molecule has 23 heavy (non-hydrogen) atoms. The molecule has 1 aromatic carbocycles. The van der Waals surface area contributed by atoms with Crippen molar-refractivity contribution in [2.75, 3.05) is 18.5 Å². The highest BCUT2D eigenvalue weighted by Gasteiger charge is 2.03. The van der Waals surface area contributed by atoms with E-state index in [1.165, 1.54) is 0 Å². The highest BCUT2D eigenvalue weighted by molar-refractivity contribution is 5.89. The minimum absolute atomic E-state index is 0.0429. The van der Waals surface area contributed by atoms with Gasteiger partial charge in [0.15, 0.2) is 0 Å². The van der Waals surface area contributed by atoms with E-state index in [0.717, 1.165) is 17.0 Å². The molecule has 0 aliphatic carbocycles. The summed E-state index contributed by atoms with van der Waals surface area (Å²) in [5.74, 6) is 1.42. The normalized spacial score (nSPS) is 10.3. The van der Waals surface area contributed by atoms with Gasteiger partial charge in [0.05, 0.1) is 6.61 Å². The van der Waals surface area contributed by atoms with Crippen molar-refractivity contribution in [3.63, 3.8) is 0 Å². The molecule has 0 bridgehead atoms. The Morgan fingerprint density at radius 2 is 2.04 bits per heavy atom. The molecule has 122 valence electrons. The van der Waals surface area contributed by atoms with Crippen molar-refractivity contribution in [1.82, 2.24) is 10.3 Å². The van der Waals surface area contributed by atoms with Gasteiger partial charge in [-0.25, -0.2) is 4.98 Å². The second kappa shape index (κ2) is 8.90. The number of aryl methyl sites for hydroxylation is 1. The van der Waals surface area contributed by atoms with Gasteiger partial charge >= 0.3 is 0 Å². The molecule has 5 nitrogen and oxygen atoms in total. The monoisotopic (exact) mass is 313 g/mol. The van der Waals surface area contributed by atoms with E-state index in [2.05, 4.69) is 15.6 Å². The first-order valence-electron chi connectivity index (χ1n) is 7.83. The molecule has 0 radical (unpaired) electrons. The van der Waals surface area contributed by atoms with E-state index in [-0.39, 0.29) is 5.91 Å². The van der Waals surface area contributed by atoms with Crippen molar-refractivity contribution < 1.29 is 9.53 Å². The van der Waals surface area contributed by atoms with Crippen LogP contribution in [0.1, 0.15) is 24.6 Å². The Labute approximate surface area is 137 Å². The van der Waals surface area contributed by atoms with Crippen LogP contribution in [-0.2, 0) is 11.3 Å². The van der Waals surface area contributed by atoms with Crippen molar-refractivity contribution in [2.45, 2.75) is 26.8 Å². The molecule has 0 spiro atoms. The maximum atomic E-state index is 11.9. The third-order valence-electron chi connectivity index (χ3n) is 3.22. The summed E-state index contributed by atoms with van der Waals surface area (Å²) in [5.41, 5.74) is 2.02. The lowest BCUT2D eigenvalue weighted by molar-refractivity contribution is -0.116. The standard InChI is InChI=1S/C18H23N3O2/c1-3-23-16-8-5-7-15(12-16)13-19-11-10-18(22)21-17-9-4-6-14(2)20-17/h4-9,12,19H,3,10-11,13H2,1-2H3,(H,20,21,22). The van der Waals surface area contributed by atoms with E-state index in [1.807, 2.05) is 50.2 Å². The van der Waals surface area contributed by atoms with Gasteiger partial charge in [-0.2, -0.15) is 0 Å². The minimum atomic E-state index is -0.0429. The Morgan fingerprint density at radius 3 is 2.83 bits per heavy atom. The molecule has 0 unspecified atom stereocenters. The number of nitrogens with zero attached hydrogens (tertiary/aromatic N) is 1. The van der Waals surface area contributed by atoms with E-state index < -0.39 is 0 Å². The van der Waals surface area contributed by atoms with Crippen LogP contribution >= 0.6 is 0 Å². The second-order valence-corrected chi connectivity index (χ2v) is 5.22. The summed E-state index contributed by atoms with van der Waals surface area (Å²) in [7, 11) is 0. The first kappa shape index (κ1) is 17.0. The van der Waals surface area contributed by atoms with E-state index >= 15 is 0 Å². The van der Waals surface area contributed by atoms with Gasteiger partial charge in [0.25, 0.3) is 0 Å². The molecule has 0 aliphatic heterocycles. The van der Waals surface area contributed by atoms with Gasteiger partial charge in [0.2, 0.25) is 5.91 Å². The quantitative estimate of drug-likeness (QED) is 0.736. The lowest BCUT2D eigenvalue weighted by Crippen LogP contribution is -2.21. The summed E-state index contributed by atoms with van der Waals surface area (Å²) in [5, 5.41) is 6.06. The third-order valence-corrected chi connectivity index (χ3v) is 3.22. The first-order chi connectivity index (χ1) is 11.2. The van der Waals surface area contributed by atoms with Gasteiger partial charge in [-0.15, -0.1) is 0 Å². The molecule has 1 aromatic heterocycles. The smallest absolute Gasteiger partial charge is 0.226 e. The lowest BCUT2D eigenvalue weighted by atomic mass is 10.2. The highest BCUT2D eigenvalue weighted by atomic mass is 16.5. The number of aromatic nitrogens is 1. The largest absolute Gasteiger partial charge is 0.494 e. The van der Waals surface area contributed by atoms with Gasteiger partial charge in [0, 0.05) is 25.2 Å². The Bertz CT molecular complexity index is 644. The highest BCUT2D eigenvalue weighted by Crippen LogP contribution is 2.13. The Hall–Kier alpha value is -2.40. The number of hydrogen-bond acceptors (Lipinski definition) is 4. The average Bonchev–Trinajstić information content (AvgIpc) is 2.52.